The van der Waals surface area contributed by atoms with Crippen LogP contribution in [0, 0.1) is 13.8 Å². The highest BCUT2D eigenvalue weighted by atomic mass is 35.5. The molecule has 0 saturated carbocycles. The number of benzene rings is 2. The molecular weight excluding hydrogens is 282 g/mol. The van der Waals surface area contributed by atoms with Gasteiger partial charge in [0.25, 0.3) is 0 Å². The molecule has 0 spiro atoms. The van der Waals surface area contributed by atoms with E-state index in [0.29, 0.717) is 11.4 Å². The highest BCUT2D eigenvalue weighted by Crippen LogP contribution is 2.17. The number of carbonyl (C=O) groups is 1. The fraction of sp³-hybridized carbons (Fsp3) is 0.278. The first kappa shape index (κ1) is 15.6. The van der Waals surface area contributed by atoms with E-state index in [9.17, 15) is 4.79 Å². The van der Waals surface area contributed by atoms with Crippen LogP contribution in [-0.4, -0.2) is 5.91 Å². The Morgan fingerprint density at radius 3 is 2.38 bits per heavy atom. The predicted molar refractivity (Wildman–Crippen MR) is 87.6 cm³/mol. The van der Waals surface area contributed by atoms with Gasteiger partial charge >= 0.3 is 0 Å². The summed E-state index contributed by atoms with van der Waals surface area (Å²) in [5, 5.41) is 3.72. The summed E-state index contributed by atoms with van der Waals surface area (Å²) in [6, 6.07) is 13.6. The normalized spacial score (nSPS) is 12.0. The van der Waals surface area contributed by atoms with Gasteiger partial charge in [-0.15, -0.1) is 0 Å². The van der Waals surface area contributed by atoms with E-state index in [1.165, 1.54) is 11.1 Å². The first-order valence-corrected chi connectivity index (χ1v) is 7.44. The second-order valence-corrected chi connectivity index (χ2v) is 5.87. The van der Waals surface area contributed by atoms with Gasteiger partial charge < -0.3 is 5.32 Å². The summed E-state index contributed by atoms with van der Waals surface area (Å²) >= 11 is 5.84. The first-order chi connectivity index (χ1) is 9.95. The summed E-state index contributed by atoms with van der Waals surface area (Å²) in [4.78, 5) is 12.1. The molecule has 2 aromatic carbocycles. The highest BCUT2D eigenvalue weighted by molar-refractivity contribution is 6.30. The van der Waals surface area contributed by atoms with Crippen LogP contribution >= 0.6 is 11.6 Å². The van der Waals surface area contributed by atoms with Crippen molar-refractivity contribution in [3.05, 3.63) is 69.7 Å². The van der Waals surface area contributed by atoms with Gasteiger partial charge in [0.2, 0.25) is 5.91 Å². The molecule has 0 saturated heterocycles. The van der Waals surface area contributed by atoms with Gasteiger partial charge in [0.1, 0.15) is 0 Å². The summed E-state index contributed by atoms with van der Waals surface area (Å²) < 4.78 is 0. The Kier molecular flexibility index (Phi) is 5.03. The maximum Gasteiger partial charge on any atom is 0.224 e. The van der Waals surface area contributed by atoms with Crippen LogP contribution in [-0.2, 0) is 11.2 Å². The summed E-state index contributed by atoms with van der Waals surface area (Å²) in [6.45, 7) is 6.17. The van der Waals surface area contributed by atoms with Crippen LogP contribution in [0.4, 0.5) is 0 Å². The molecule has 1 N–H and O–H groups in total. The number of carbonyl (C=O) groups excluding carboxylic acids is 1. The van der Waals surface area contributed by atoms with Crippen molar-refractivity contribution in [2.75, 3.05) is 0 Å². The summed E-state index contributed by atoms with van der Waals surface area (Å²) in [5.41, 5.74) is 4.59. The van der Waals surface area contributed by atoms with Crippen molar-refractivity contribution in [3.63, 3.8) is 0 Å². The lowest BCUT2D eigenvalue weighted by Gasteiger charge is -2.16. The molecule has 0 aliphatic heterocycles. The van der Waals surface area contributed by atoms with Gasteiger partial charge in [-0.1, -0.05) is 41.9 Å². The number of hydrogen-bond acceptors (Lipinski definition) is 1. The van der Waals surface area contributed by atoms with Crippen molar-refractivity contribution in [1.29, 1.82) is 0 Å². The lowest BCUT2D eigenvalue weighted by atomic mass is 10.0. The largest absolute Gasteiger partial charge is 0.349 e. The number of aryl methyl sites for hydroxylation is 2. The molecule has 0 aliphatic carbocycles. The fourth-order valence-electron chi connectivity index (χ4n) is 2.20. The van der Waals surface area contributed by atoms with Gasteiger partial charge in [-0.2, -0.15) is 0 Å². The van der Waals surface area contributed by atoms with Crippen LogP contribution in [0.25, 0.3) is 0 Å². The summed E-state index contributed by atoms with van der Waals surface area (Å²) in [6.07, 6.45) is 0.367. The van der Waals surface area contributed by atoms with Gasteiger partial charge in [-0.25, -0.2) is 0 Å². The number of hydrogen-bond donors (Lipinski definition) is 1. The van der Waals surface area contributed by atoms with E-state index in [1.807, 2.05) is 19.1 Å². The lowest BCUT2D eigenvalue weighted by Crippen LogP contribution is -2.28. The van der Waals surface area contributed by atoms with Gasteiger partial charge in [0.05, 0.1) is 12.5 Å². The van der Waals surface area contributed by atoms with E-state index in [-0.39, 0.29) is 11.9 Å². The van der Waals surface area contributed by atoms with Crippen molar-refractivity contribution in [2.24, 2.45) is 0 Å². The van der Waals surface area contributed by atoms with Crippen LogP contribution < -0.4 is 5.32 Å². The topological polar surface area (TPSA) is 29.1 Å². The van der Waals surface area contributed by atoms with Crippen LogP contribution in [0.2, 0.25) is 5.02 Å². The molecule has 3 heteroatoms. The molecule has 0 bridgehead atoms. The van der Waals surface area contributed by atoms with Gasteiger partial charge in [-0.3, -0.25) is 4.79 Å². The van der Waals surface area contributed by atoms with Crippen molar-refractivity contribution >= 4 is 17.5 Å². The molecule has 1 amide bonds. The van der Waals surface area contributed by atoms with Gasteiger partial charge in [0.15, 0.2) is 0 Å². The average molecular weight is 302 g/mol. The highest BCUT2D eigenvalue weighted by Gasteiger charge is 2.10. The molecule has 0 aromatic heterocycles. The number of halogens is 1. The van der Waals surface area contributed by atoms with E-state index in [2.05, 4.69) is 37.4 Å². The predicted octanol–water partition coefficient (Wildman–Crippen LogP) is 4.38. The quantitative estimate of drug-likeness (QED) is 0.892. The van der Waals surface area contributed by atoms with E-state index in [1.54, 1.807) is 12.1 Å². The third kappa shape index (κ3) is 4.33. The minimum Gasteiger partial charge on any atom is -0.349 e. The second-order valence-electron chi connectivity index (χ2n) is 5.44. The standard InChI is InChI=1S/C18H20ClNO/c1-12-4-7-16(10-13(12)2)14(3)20-18(21)11-15-5-8-17(19)9-6-15/h4-10,14H,11H2,1-3H3,(H,20,21). The monoisotopic (exact) mass is 301 g/mol. The SMILES string of the molecule is Cc1ccc(C(C)NC(=O)Cc2ccc(Cl)cc2)cc1C. The van der Waals surface area contributed by atoms with E-state index in [4.69, 9.17) is 11.6 Å². The van der Waals surface area contributed by atoms with Crippen molar-refractivity contribution in [2.45, 2.75) is 33.2 Å². The van der Waals surface area contributed by atoms with Gasteiger partial charge in [-0.05, 0) is 55.2 Å². The van der Waals surface area contributed by atoms with E-state index >= 15 is 0 Å². The second kappa shape index (κ2) is 6.77. The third-order valence-electron chi connectivity index (χ3n) is 3.69. The van der Waals surface area contributed by atoms with Gasteiger partial charge in [0, 0.05) is 5.02 Å². The summed E-state index contributed by atoms with van der Waals surface area (Å²) in [5.74, 6) is 0.0167. The summed E-state index contributed by atoms with van der Waals surface area (Å²) in [7, 11) is 0. The van der Waals surface area contributed by atoms with Crippen molar-refractivity contribution in [1.82, 2.24) is 5.32 Å². The zero-order valence-electron chi connectivity index (χ0n) is 12.6. The Balaban J connectivity index is 1.98. The van der Waals surface area contributed by atoms with Crippen molar-refractivity contribution < 1.29 is 4.79 Å². The maximum atomic E-state index is 12.1. The molecular formula is C18H20ClNO. The Labute approximate surface area is 131 Å². The molecule has 2 rings (SSSR count). The minimum atomic E-state index is 0.00380. The van der Waals surface area contributed by atoms with Crippen molar-refractivity contribution in [3.8, 4) is 0 Å². The Morgan fingerprint density at radius 2 is 1.76 bits per heavy atom. The molecule has 0 fully saturated rings. The first-order valence-electron chi connectivity index (χ1n) is 7.06. The maximum absolute atomic E-state index is 12.1. The zero-order chi connectivity index (χ0) is 15.4. The molecule has 0 aliphatic rings. The Morgan fingerprint density at radius 1 is 1.10 bits per heavy atom. The van der Waals surface area contributed by atoms with Crippen LogP contribution in [0.15, 0.2) is 42.5 Å². The molecule has 110 valence electrons. The Bertz CT molecular complexity index is 634. The van der Waals surface area contributed by atoms with Crippen LogP contribution in [0.1, 0.15) is 35.2 Å². The third-order valence-corrected chi connectivity index (χ3v) is 3.94. The lowest BCUT2D eigenvalue weighted by molar-refractivity contribution is -0.121. The molecule has 21 heavy (non-hydrogen) atoms. The molecule has 0 radical (unpaired) electrons. The molecule has 0 heterocycles. The van der Waals surface area contributed by atoms with E-state index < -0.39 is 0 Å². The molecule has 2 nitrogen and oxygen atoms in total. The van der Waals surface area contributed by atoms with Crippen LogP contribution in [0.3, 0.4) is 0 Å². The molecule has 1 atom stereocenters. The Hall–Kier alpha value is -1.80. The van der Waals surface area contributed by atoms with Crippen LogP contribution in [0.5, 0.6) is 0 Å². The number of amides is 1. The smallest absolute Gasteiger partial charge is 0.224 e. The molecule has 1 unspecified atom stereocenters. The molecule has 2 aromatic rings. The fourth-order valence-corrected chi connectivity index (χ4v) is 2.32. The number of rotatable bonds is 4. The number of nitrogens with one attached hydrogen (secondary N) is 1. The zero-order valence-corrected chi connectivity index (χ0v) is 13.4. The average Bonchev–Trinajstić information content (AvgIpc) is 2.44. The minimum absolute atomic E-state index is 0.00380. The van der Waals surface area contributed by atoms with E-state index in [0.717, 1.165) is 11.1 Å².